The molecule has 0 bridgehead atoms. The average Bonchev–Trinajstić information content (AvgIpc) is 2.75. The number of pyridine rings is 1. The lowest BCUT2D eigenvalue weighted by atomic mass is 10.1. The maximum absolute atomic E-state index is 5.88. The van der Waals surface area contributed by atoms with E-state index in [2.05, 4.69) is 10.1 Å². The molecule has 1 aliphatic rings. The van der Waals surface area contributed by atoms with Gasteiger partial charge in [-0.3, -0.25) is 0 Å². The maximum atomic E-state index is 5.88. The lowest BCUT2D eigenvalue weighted by Gasteiger charge is -2.22. The minimum absolute atomic E-state index is 0.389. The summed E-state index contributed by atoms with van der Waals surface area (Å²) in [4.78, 5) is 4.36. The molecule has 2 aromatic rings. The number of fused-ring (bicyclic) bond motifs is 1. The van der Waals surface area contributed by atoms with Gasteiger partial charge in [0.25, 0.3) is 0 Å². The number of nitrogens with two attached hydrogens (primary N) is 1. The molecule has 5 nitrogen and oxygen atoms in total. The van der Waals surface area contributed by atoms with Crippen molar-refractivity contribution in [1.29, 1.82) is 0 Å². The van der Waals surface area contributed by atoms with Crippen molar-refractivity contribution in [3.8, 4) is 0 Å². The Balaban J connectivity index is 2.06. The highest BCUT2D eigenvalue weighted by atomic mass is 16.5. The standard InChI is InChI=1S/C11H14N4O/c12-10-1-4-13-11-9(10)7-14-15(11)8-2-5-16-6-3-8/h1,4,7-8H,2-3,5-6H2,(H2,12,13). The summed E-state index contributed by atoms with van der Waals surface area (Å²) in [5.74, 6) is 0. The Morgan fingerprint density at radius 3 is 3.00 bits per heavy atom. The summed E-state index contributed by atoms with van der Waals surface area (Å²) in [7, 11) is 0. The van der Waals surface area contributed by atoms with Crippen LogP contribution in [0.4, 0.5) is 5.69 Å². The lowest BCUT2D eigenvalue weighted by molar-refractivity contribution is 0.0673. The number of rotatable bonds is 1. The van der Waals surface area contributed by atoms with Gasteiger partial charge in [0.15, 0.2) is 5.65 Å². The van der Waals surface area contributed by atoms with E-state index in [9.17, 15) is 0 Å². The number of nitrogens with zero attached hydrogens (tertiary/aromatic N) is 3. The molecule has 0 spiro atoms. The fourth-order valence-corrected chi connectivity index (χ4v) is 2.16. The molecule has 0 radical (unpaired) electrons. The highest BCUT2D eigenvalue weighted by Crippen LogP contribution is 2.26. The van der Waals surface area contributed by atoms with E-state index >= 15 is 0 Å². The molecular formula is C11H14N4O. The van der Waals surface area contributed by atoms with Crippen LogP contribution in [0.2, 0.25) is 0 Å². The molecule has 2 N–H and O–H groups in total. The molecule has 3 rings (SSSR count). The monoisotopic (exact) mass is 218 g/mol. The van der Waals surface area contributed by atoms with Crippen LogP contribution in [0.5, 0.6) is 0 Å². The van der Waals surface area contributed by atoms with Gasteiger partial charge in [-0.15, -0.1) is 0 Å². The zero-order valence-electron chi connectivity index (χ0n) is 8.97. The number of ether oxygens (including phenoxy) is 1. The summed E-state index contributed by atoms with van der Waals surface area (Å²) in [6.45, 7) is 1.60. The normalized spacial score (nSPS) is 18.0. The van der Waals surface area contributed by atoms with Crippen LogP contribution in [0.1, 0.15) is 18.9 Å². The number of anilines is 1. The van der Waals surface area contributed by atoms with Crippen molar-refractivity contribution in [2.45, 2.75) is 18.9 Å². The summed E-state index contributed by atoms with van der Waals surface area (Å²) >= 11 is 0. The summed E-state index contributed by atoms with van der Waals surface area (Å²) in [5, 5.41) is 5.34. The number of nitrogen functional groups attached to an aromatic ring is 1. The first kappa shape index (κ1) is 9.59. The van der Waals surface area contributed by atoms with Gasteiger partial charge in [0.2, 0.25) is 0 Å². The number of hydrogen-bond donors (Lipinski definition) is 1. The number of hydrogen-bond acceptors (Lipinski definition) is 4. The van der Waals surface area contributed by atoms with Gasteiger partial charge >= 0.3 is 0 Å². The molecule has 16 heavy (non-hydrogen) atoms. The third-order valence-corrected chi connectivity index (χ3v) is 3.07. The van der Waals surface area contributed by atoms with E-state index in [1.165, 1.54) is 0 Å². The quantitative estimate of drug-likeness (QED) is 0.785. The van der Waals surface area contributed by atoms with Crippen molar-refractivity contribution in [3.05, 3.63) is 18.5 Å². The van der Waals surface area contributed by atoms with Crippen LogP contribution < -0.4 is 5.73 Å². The van der Waals surface area contributed by atoms with Crippen LogP contribution in [0.3, 0.4) is 0 Å². The van der Waals surface area contributed by atoms with Crippen molar-refractivity contribution in [2.24, 2.45) is 0 Å². The van der Waals surface area contributed by atoms with E-state index in [1.807, 2.05) is 4.68 Å². The van der Waals surface area contributed by atoms with Crippen molar-refractivity contribution in [2.75, 3.05) is 18.9 Å². The second-order valence-electron chi connectivity index (χ2n) is 4.07. The molecule has 0 aliphatic carbocycles. The van der Waals surface area contributed by atoms with Crippen molar-refractivity contribution < 1.29 is 4.74 Å². The SMILES string of the molecule is Nc1ccnc2c1cnn2C1CCOCC1. The number of aromatic nitrogens is 3. The molecule has 1 saturated heterocycles. The molecule has 0 amide bonds. The Morgan fingerprint density at radius 1 is 1.38 bits per heavy atom. The first-order valence-electron chi connectivity index (χ1n) is 5.52. The van der Waals surface area contributed by atoms with Gasteiger partial charge in [-0.05, 0) is 18.9 Å². The van der Waals surface area contributed by atoms with Crippen LogP contribution in [0.15, 0.2) is 18.5 Å². The van der Waals surface area contributed by atoms with E-state index < -0.39 is 0 Å². The molecule has 0 atom stereocenters. The highest BCUT2D eigenvalue weighted by Gasteiger charge is 2.19. The van der Waals surface area contributed by atoms with Crippen LogP contribution >= 0.6 is 0 Å². The van der Waals surface area contributed by atoms with Gasteiger partial charge in [0.1, 0.15) is 0 Å². The molecule has 1 fully saturated rings. The van der Waals surface area contributed by atoms with E-state index in [0.29, 0.717) is 6.04 Å². The molecule has 1 aliphatic heterocycles. The molecule has 0 unspecified atom stereocenters. The molecule has 3 heterocycles. The first-order chi connectivity index (χ1) is 7.86. The molecule has 5 heteroatoms. The van der Waals surface area contributed by atoms with Crippen molar-refractivity contribution in [1.82, 2.24) is 14.8 Å². The third kappa shape index (κ3) is 1.44. The zero-order chi connectivity index (χ0) is 11.0. The fraction of sp³-hybridized carbons (Fsp3) is 0.455. The largest absolute Gasteiger partial charge is 0.398 e. The molecular weight excluding hydrogens is 204 g/mol. The Hall–Kier alpha value is -1.62. The first-order valence-corrected chi connectivity index (χ1v) is 5.52. The van der Waals surface area contributed by atoms with E-state index in [1.54, 1.807) is 18.5 Å². The van der Waals surface area contributed by atoms with E-state index in [-0.39, 0.29) is 0 Å². The highest BCUT2D eigenvalue weighted by molar-refractivity contribution is 5.87. The average molecular weight is 218 g/mol. The summed E-state index contributed by atoms with van der Waals surface area (Å²) in [6.07, 6.45) is 5.52. The summed E-state index contributed by atoms with van der Waals surface area (Å²) in [6, 6.07) is 2.19. The van der Waals surface area contributed by atoms with Gasteiger partial charge in [-0.1, -0.05) is 0 Å². The molecule has 2 aromatic heterocycles. The summed E-state index contributed by atoms with van der Waals surface area (Å²) < 4.78 is 7.33. The molecule has 0 aromatic carbocycles. The molecule has 84 valence electrons. The maximum Gasteiger partial charge on any atom is 0.160 e. The van der Waals surface area contributed by atoms with Crippen LogP contribution in [0.25, 0.3) is 11.0 Å². The van der Waals surface area contributed by atoms with Crippen LogP contribution in [-0.4, -0.2) is 28.0 Å². The molecule has 0 saturated carbocycles. The Morgan fingerprint density at radius 2 is 2.19 bits per heavy atom. The fourth-order valence-electron chi connectivity index (χ4n) is 2.16. The smallest absolute Gasteiger partial charge is 0.160 e. The minimum Gasteiger partial charge on any atom is -0.398 e. The van der Waals surface area contributed by atoms with Crippen LogP contribution in [-0.2, 0) is 4.74 Å². The lowest BCUT2D eigenvalue weighted by Crippen LogP contribution is -2.20. The Labute approximate surface area is 93.2 Å². The predicted octanol–water partition coefficient (Wildman–Crippen LogP) is 1.36. The Kier molecular flexibility index (Phi) is 2.25. The van der Waals surface area contributed by atoms with Crippen molar-refractivity contribution in [3.63, 3.8) is 0 Å². The van der Waals surface area contributed by atoms with Crippen LogP contribution in [0, 0.1) is 0 Å². The van der Waals surface area contributed by atoms with E-state index in [0.717, 1.165) is 42.8 Å². The van der Waals surface area contributed by atoms with Gasteiger partial charge in [0, 0.05) is 25.1 Å². The third-order valence-electron chi connectivity index (χ3n) is 3.07. The van der Waals surface area contributed by atoms with Gasteiger partial charge in [-0.25, -0.2) is 9.67 Å². The Bertz CT molecular complexity index is 502. The minimum atomic E-state index is 0.389. The topological polar surface area (TPSA) is 66.0 Å². The predicted molar refractivity (Wildman–Crippen MR) is 61.0 cm³/mol. The van der Waals surface area contributed by atoms with Crippen molar-refractivity contribution >= 4 is 16.7 Å². The second kappa shape index (κ2) is 3.75. The second-order valence-corrected chi connectivity index (χ2v) is 4.07. The summed E-state index contributed by atoms with van der Waals surface area (Å²) in [5.41, 5.74) is 7.50. The van der Waals surface area contributed by atoms with Gasteiger partial charge in [0.05, 0.1) is 17.6 Å². The zero-order valence-corrected chi connectivity index (χ0v) is 8.97. The van der Waals surface area contributed by atoms with E-state index in [4.69, 9.17) is 10.5 Å². The van der Waals surface area contributed by atoms with Gasteiger partial charge < -0.3 is 10.5 Å². The van der Waals surface area contributed by atoms with Gasteiger partial charge in [-0.2, -0.15) is 5.10 Å².